The number of ether oxygens (including phenoxy) is 1. The molecule has 2 aromatic carbocycles. The molecule has 4 heteroatoms. The predicted octanol–water partition coefficient (Wildman–Crippen LogP) is 3.78. The summed E-state index contributed by atoms with van der Waals surface area (Å²) in [5, 5.41) is 19.9. The van der Waals surface area contributed by atoms with Gasteiger partial charge >= 0.3 is 0 Å². The lowest BCUT2D eigenvalue weighted by atomic mass is 9.76. The number of rotatable bonds is 9. The van der Waals surface area contributed by atoms with Gasteiger partial charge in [0, 0.05) is 30.7 Å². The first-order valence-corrected chi connectivity index (χ1v) is 10.4. The van der Waals surface area contributed by atoms with Crippen molar-refractivity contribution in [2.24, 2.45) is 5.41 Å². The molecule has 1 fully saturated rings. The molecule has 1 aliphatic heterocycles. The average molecular weight is 384 g/mol. The maximum Gasteiger partial charge on any atom is 0.124 e. The van der Waals surface area contributed by atoms with E-state index in [1.54, 1.807) is 0 Å². The van der Waals surface area contributed by atoms with Crippen molar-refractivity contribution in [3.8, 4) is 5.75 Å². The van der Waals surface area contributed by atoms with Crippen molar-refractivity contribution in [2.45, 2.75) is 45.8 Å². The van der Waals surface area contributed by atoms with E-state index in [-0.39, 0.29) is 18.6 Å². The van der Waals surface area contributed by atoms with Crippen LogP contribution < -0.4 is 4.74 Å². The number of aryl methyl sites for hydroxylation is 1. The summed E-state index contributed by atoms with van der Waals surface area (Å²) in [4.78, 5) is 2.45. The normalized spacial score (nSPS) is 20.2. The molecule has 1 unspecified atom stereocenters. The second-order valence-electron chi connectivity index (χ2n) is 7.99. The second kappa shape index (κ2) is 10.1. The Balaban J connectivity index is 1.64. The van der Waals surface area contributed by atoms with Crippen LogP contribution in [0.1, 0.15) is 42.9 Å². The molecular weight excluding hydrogens is 350 g/mol. The standard InChI is InChI=1S/C24H33NO3/c1-2-28-23-10-9-21(15-22(23)17-26)16-25-14-6-12-24(18-25,19-27)13-11-20-7-4-3-5-8-20/h3-5,7-10,15,26-27H,2,6,11-14,16-19H2,1H3. The fraction of sp³-hybridized carbons (Fsp3) is 0.500. The zero-order valence-corrected chi connectivity index (χ0v) is 16.9. The quantitative estimate of drug-likeness (QED) is 0.692. The molecule has 28 heavy (non-hydrogen) atoms. The minimum absolute atomic E-state index is 0.0131. The van der Waals surface area contributed by atoms with Crippen LogP contribution in [0.3, 0.4) is 0 Å². The topological polar surface area (TPSA) is 52.9 Å². The highest BCUT2D eigenvalue weighted by atomic mass is 16.5. The molecule has 0 radical (unpaired) electrons. The van der Waals surface area contributed by atoms with Crippen molar-refractivity contribution in [2.75, 3.05) is 26.3 Å². The smallest absolute Gasteiger partial charge is 0.124 e. The van der Waals surface area contributed by atoms with Crippen LogP contribution >= 0.6 is 0 Å². The van der Waals surface area contributed by atoms with Gasteiger partial charge in [0.2, 0.25) is 0 Å². The number of benzene rings is 2. The van der Waals surface area contributed by atoms with E-state index in [9.17, 15) is 10.2 Å². The van der Waals surface area contributed by atoms with E-state index in [2.05, 4.69) is 35.2 Å². The van der Waals surface area contributed by atoms with E-state index < -0.39 is 0 Å². The lowest BCUT2D eigenvalue weighted by molar-refractivity contribution is 0.0224. The average Bonchev–Trinajstić information content (AvgIpc) is 2.74. The van der Waals surface area contributed by atoms with Gasteiger partial charge < -0.3 is 14.9 Å². The second-order valence-corrected chi connectivity index (χ2v) is 7.99. The fourth-order valence-corrected chi connectivity index (χ4v) is 4.32. The number of likely N-dealkylation sites (tertiary alicyclic amines) is 1. The van der Waals surface area contributed by atoms with E-state index in [0.29, 0.717) is 6.61 Å². The van der Waals surface area contributed by atoms with Gasteiger partial charge in [-0.25, -0.2) is 0 Å². The van der Waals surface area contributed by atoms with Crippen LogP contribution in [0.2, 0.25) is 0 Å². The van der Waals surface area contributed by atoms with E-state index in [1.807, 2.05) is 25.1 Å². The summed E-state index contributed by atoms with van der Waals surface area (Å²) in [6.07, 6.45) is 4.21. The van der Waals surface area contributed by atoms with Gasteiger partial charge in [0.05, 0.1) is 13.2 Å². The zero-order chi connectivity index (χ0) is 19.8. The lowest BCUT2D eigenvalue weighted by Gasteiger charge is -2.42. The molecule has 1 heterocycles. The fourth-order valence-electron chi connectivity index (χ4n) is 4.32. The van der Waals surface area contributed by atoms with E-state index in [0.717, 1.165) is 56.6 Å². The van der Waals surface area contributed by atoms with Crippen LogP contribution in [-0.4, -0.2) is 41.4 Å². The van der Waals surface area contributed by atoms with Crippen LogP contribution in [0.4, 0.5) is 0 Å². The number of hydrogen-bond donors (Lipinski definition) is 2. The molecular formula is C24H33NO3. The molecule has 0 saturated carbocycles. The van der Waals surface area contributed by atoms with Crippen LogP contribution in [0.15, 0.2) is 48.5 Å². The van der Waals surface area contributed by atoms with Crippen molar-refractivity contribution in [3.63, 3.8) is 0 Å². The zero-order valence-electron chi connectivity index (χ0n) is 16.9. The molecule has 0 aromatic heterocycles. The Kier molecular flexibility index (Phi) is 7.49. The van der Waals surface area contributed by atoms with Gasteiger partial charge in [-0.05, 0) is 62.4 Å². The van der Waals surface area contributed by atoms with Crippen LogP contribution in [0.25, 0.3) is 0 Å². The van der Waals surface area contributed by atoms with Gasteiger partial charge in [0.15, 0.2) is 0 Å². The molecule has 152 valence electrons. The molecule has 1 saturated heterocycles. The molecule has 2 aromatic rings. The Morgan fingerprint density at radius 1 is 1.07 bits per heavy atom. The highest BCUT2D eigenvalue weighted by molar-refractivity contribution is 5.37. The summed E-state index contributed by atoms with van der Waals surface area (Å²) in [5.74, 6) is 0.764. The Hall–Kier alpha value is -1.88. The monoisotopic (exact) mass is 383 g/mol. The highest BCUT2D eigenvalue weighted by Crippen LogP contribution is 2.35. The third-order valence-corrected chi connectivity index (χ3v) is 5.86. The van der Waals surface area contributed by atoms with Crippen molar-refractivity contribution in [3.05, 3.63) is 65.2 Å². The van der Waals surface area contributed by atoms with Crippen molar-refractivity contribution in [1.29, 1.82) is 0 Å². The van der Waals surface area contributed by atoms with Crippen LogP contribution in [0, 0.1) is 5.41 Å². The van der Waals surface area contributed by atoms with Crippen molar-refractivity contribution in [1.82, 2.24) is 4.90 Å². The summed E-state index contributed by atoms with van der Waals surface area (Å²) in [6, 6.07) is 16.6. The van der Waals surface area contributed by atoms with Crippen LogP contribution in [-0.2, 0) is 19.6 Å². The predicted molar refractivity (Wildman–Crippen MR) is 112 cm³/mol. The molecule has 1 aliphatic rings. The number of piperidine rings is 1. The number of aliphatic hydroxyl groups is 2. The maximum atomic E-state index is 10.2. The first-order valence-electron chi connectivity index (χ1n) is 10.4. The molecule has 0 bridgehead atoms. The summed E-state index contributed by atoms with van der Waals surface area (Å²) in [7, 11) is 0. The minimum Gasteiger partial charge on any atom is -0.494 e. The summed E-state index contributed by atoms with van der Waals surface area (Å²) in [6.45, 7) is 5.58. The van der Waals surface area contributed by atoms with Gasteiger partial charge in [-0.3, -0.25) is 4.90 Å². The molecule has 4 nitrogen and oxygen atoms in total. The van der Waals surface area contributed by atoms with Crippen molar-refractivity contribution >= 4 is 0 Å². The largest absolute Gasteiger partial charge is 0.494 e. The number of nitrogens with zero attached hydrogens (tertiary/aromatic N) is 1. The molecule has 1 atom stereocenters. The number of aliphatic hydroxyl groups excluding tert-OH is 2. The summed E-state index contributed by atoms with van der Waals surface area (Å²) < 4.78 is 5.59. The maximum absolute atomic E-state index is 10.2. The first-order chi connectivity index (χ1) is 13.7. The Morgan fingerprint density at radius 2 is 1.89 bits per heavy atom. The molecule has 2 N–H and O–H groups in total. The molecule has 0 aliphatic carbocycles. The van der Waals surface area contributed by atoms with Gasteiger partial charge in [0.25, 0.3) is 0 Å². The molecule has 0 amide bonds. The van der Waals surface area contributed by atoms with Gasteiger partial charge in [-0.2, -0.15) is 0 Å². The van der Waals surface area contributed by atoms with E-state index in [1.165, 1.54) is 11.1 Å². The first kappa shape index (κ1) is 20.8. The number of hydrogen-bond acceptors (Lipinski definition) is 4. The van der Waals surface area contributed by atoms with Gasteiger partial charge in [-0.15, -0.1) is 0 Å². The minimum atomic E-state index is -0.0286. The van der Waals surface area contributed by atoms with E-state index >= 15 is 0 Å². The van der Waals surface area contributed by atoms with Gasteiger partial charge in [-0.1, -0.05) is 36.4 Å². The van der Waals surface area contributed by atoms with Crippen LogP contribution in [0.5, 0.6) is 5.75 Å². The molecule has 3 rings (SSSR count). The summed E-state index contributed by atoms with van der Waals surface area (Å²) in [5.41, 5.74) is 3.34. The Labute approximate surface area is 168 Å². The Bertz CT molecular complexity index is 734. The third-order valence-electron chi connectivity index (χ3n) is 5.86. The third kappa shape index (κ3) is 5.34. The lowest BCUT2D eigenvalue weighted by Crippen LogP contribution is -2.45. The Morgan fingerprint density at radius 3 is 2.61 bits per heavy atom. The van der Waals surface area contributed by atoms with Gasteiger partial charge in [0.1, 0.15) is 5.75 Å². The SMILES string of the molecule is CCOc1ccc(CN2CCCC(CO)(CCc3ccccc3)C2)cc1CO. The summed E-state index contributed by atoms with van der Waals surface area (Å²) >= 11 is 0. The van der Waals surface area contributed by atoms with E-state index in [4.69, 9.17) is 4.74 Å². The molecule has 0 spiro atoms. The highest BCUT2D eigenvalue weighted by Gasteiger charge is 2.34. The van der Waals surface area contributed by atoms with Crippen molar-refractivity contribution < 1.29 is 14.9 Å².